The van der Waals surface area contributed by atoms with E-state index in [1.807, 2.05) is 30.3 Å². The van der Waals surface area contributed by atoms with Crippen LogP contribution in [0.2, 0.25) is 0 Å². The largest absolute Gasteiger partial charge is 0.493 e. The highest BCUT2D eigenvalue weighted by Gasteiger charge is 2.34. The van der Waals surface area contributed by atoms with Gasteiger partial charge in [-0.15, -0.1) is 0 Å². The minimum atomic E-state index is -0.261. The molecule has 0 aromatic heterocycles. The lowest BCUT2D eigenvalue weighted by Gasteiger charge is -2.37. The van der Waals surface area contributed by atoms with Crippen molar-refractivity contribution in [1.29, 1.82) is 0 Å². The number of methoxy groups -OCH3 is 1. The maximum atomic E-state index is 12.7. The molecule has 0 spiro atoms. The van der Waals surface area contributed by atoms with Gasteiger partial charge in [0, 0.05) is 45.1 Å². The number of rotatable bonds is 7. The Morgan fingerprint density at radius 1 is 1.16 bits per heavy atom. The summed E-state index contributed by atoms with van der Waals surface area (Å²) in [7, 11) is 3.69. The van der Waals surface area contributed by atoms with Gasteiger partial charge in [0.15, 0.2) is 11.5 Å². The molecule has 1 aromatic rings. The number of likely N-dealkylation sites (tertiary alicyclic amines) is 1. The molecule has 1 aliphatic carbocycles. The molecule has 2 amide bonds. The van der Waals surface area contributed by atoms with Crippen LogP contribution in [0.25, 0.3) is 0 Å². The van der Waals surface area contributed by atoms with Gasteiger partial charge in [-0.05, 0) is 50.4 Å². The van der Waals surface area contributed by atoms with Crippen molar-refractivity contribution in [2.75, 3.05) is 53.4 Å². The summed E-state index contributed by atoms with van der Waals surface area (Å²) in [6, 6.07) is 5.90. The van der Waals surface area contributed by atoms with Crippen molar-refractivity contribution < 1.29 is 19.1 Å². The fraction of sp³-hybridized carbons (Fsp3) is 0.652. The second-order valence-electron chi connectivity index (χ2n) is 9.11. The highest BCUT2D eigenvalue weighted by atomic mass is 16.5. The number of nitrogens with two attached hydrogens (primary N) is 1. The zero-order valence-corrected chi connectivity index (χ0v) is 19.2. The Morgan fingerprint density at radius 2 is 1.88 bits per heavy atom. The summed E-state index contributed by atoms with van der Waals surface area (Å²) in [4.78, 5) is 29.2. The lowest BCUT2D eigenvalue weighted by molar-refractivity contribution is -0.156. The maximum absolute atomic E-state index is 12.7. The minimum Gasteiger partial charge on any atom is -0.493 e. The Bertz CT molecular complexity index is 821. The molecule has 1 aromatic carbocycles. The van der Waals surface area contributed by atoms with Crippen molar-refractivity contribution >= 4 is 11.8 Å². The highest BCUT2D eigenvalue weighted by Crippen LogP contribution is 2.37. The molecule has 0 radical (unpaired) electrons. The lowest BCUT2D eigenvalue weighted by Crippen LogP contribution is -2.59. The number of ether oxygens (including phenoxy) is 2. The van der Waals surface area contributed by atoms with Gasteiger partial charge in [-0.3, -0.25) is 9.59 Å². The van der Waals surface area contributed by atoms with E-state index in [-0.39, 0.29) is 30.4 Å². The number of hydrazine groups is 2. The van der Waals surface area contributed by atoms with Crippen LogP contribution in [0.15, 0.2) is 18.2 Å². The van der Waals surface area contributed by atoms with E-state index >= 15 is 0 Å². The van der Waals surface area contributed by atoms with E-state index < -0.39 is 0 Å². The number of hydrogen-bond donors (Lipinski definition) is 1. The number of likely N-dealkylation sites (N-methyl/N-ethyl adjacent to an activating group) is 1. The molecule has 9 nitrogen and oxygen atoms in total. The first-order chi connectivity index (χ1) is 15.4. The fourth-order valence-electron chi connectivity index (χ4n) is 4.78. The third-order valence-corrected chi connectivity index (χ3v) is 6.84. The number of benzene rings is 1. The first-order valence-corrected chi connectivity index (χ1v) is 11.6. The SMILES string of the molecule is COc1ccc(C2CC(=O)N(CC(=O)N(N)N3CCN(C)CC3)C2)cc1OC1CCCC1. The number of hydrogen-bond acceptors (Lipinski definition) is 7. The number of amides is 2. The molecule has 2 N–H and O–H groups in total. The first-order valence-electron chi connectivity index (χ1n) is 11.6. The molecule has 32 heavy (non-hydrogen) atoms. The maximum Gasteiger partial charge on any atom is 0.271 e. The molecule has 1 saturated carbocycles. The zero-order chi connectivity index (χ0) is 22.7. The Morgan fingerprint density at radius 3 is 2.56 bits per heavy atom. The van der Waals surface area contributed by atoms with Crippen LogP contribution in [0.3, 0.4) is 0 Å². The monoisotopic (exact) mass is 445 g/mol. The van der Waals surface area contributed by atoms with Crippen molar-refractivity contribution in [2.24, 2.45) is 5.84 Å². The van der Waals surface area contributed by atoms with Gasteiger partial charge in [0.2, 0.25) is 5.91 Å². The van der Waals surface area contributed by atoms with E-state index in [2.05, 4.69) is 4.90 Å². The second kappa shape index (κ2) is 10.1. The van der Waals surface area contributed by atoms with Crippen molar-refractivity contribution in [2.45, 2.75) is 44.1 Å². The summed E-state index contributed by atoms with van der Waals surface area (Å²) in [6.45, 7) is 3.61. The van der Waals surface area contributed by atoms with E-state index in [9.17, 15) is 9.59 Å². The van der Waals surface area contributed by atoms with Crippen LogP contribution in [0.1, 0.15) is 43.6 Å². The third kappa shape index (κ3) is 5.16. The van der Waals surface area contributed by atoms with Crippen molar-refractivity contribution in [3.05, 3.63) is 23.8 Å². The fourth-order valence-corrected chi connectivity index (χ4v) is 4.78. The van der Waals surface area contributed by atoms with Gasteiger partial charge >= 0.3 is 0 Å². The van der Waals surface area contributed by atoms with Gasteiger partial charge in [0.25, 0.3) is 5.91 Å². The van der Waals surface area contributed by atoms with Crippen LogP contribution >= 0.6 is 0 Å². The topological polar surface area (TPSA) is 91.6 Å². The highest BCUT2D eigenvalue weighted by molar-refractivity contribution is 5.86. The van der Waals surface area contributed by atoms with Crippen LogP contribution in [0.5, 0.6) is 11.5 Å². The molecule has 1 atom stereocenters. The second-order valence-corrected chi connectivity index (χ2v) is 9.11. The van der Waals surface area contributed by atoms with E-state index in [1.54, 1.807) is 12.0 Å². The standard InChI is InChI=1S/C23H35N5O4/c1-25-9-11-27(12-10-25)28(24)23(30)16-26-15-18(14-22(26)29)17-7-8-20(31-2)21(13-17)32-19-5-3-4-6-19/h7-8,13,18-19H,3-6,9-12,14-16,24H2,1-2H3. The van der Waals surface area contributed by atoms with E-state index in [1.165, 1.54) is 18.0 Å². The number of carbonyl (C=O) groups is 2. The van der Waals surface area contributed by atoms with Crippen LogP contribution in [0.4, 0.5) is 0 Å². The van der Waals surface area contributed by atoms with Crippen molar-refractivity contribution in [3.8, 4) is 11.5 Å². The summed E-state index contributed by atoms with van der Waals surface area (Å²) in [5.41, 5.74) is 1.03. The van der Waals surface area contributed by atoms with Gasteiger partial charge in [-0.2, -0.15) is 0 Å². The van der Waals surface area contributed by atoms with Crippen LogP contribution < -0.4 is 15.3 Å². The Hall–Kier alpha value is -2.36. The number of piperazine rings is 1. The molecular weight excluding hydrogens is 410 g/mol. The summed E-state index contributed by atoms with van der Waals surface area (Å²) < 4.78 is 11.7. The van der Waals surface area contributed by atoms with E-state index in [4.69, 9.17) is 15.3 Å². The molecule has 2 aliphatic heterocycles. The number of nitrogens with zero attached hydrogens (tertiary/aromatic N) is 4. The quantitative estimate of drug-likeness (QED) is 0.383. The Balaban J connectivity index is 1.38. The smallest absolute Gasteiger partial charge is 0.271 e. The molecule has 1 unspecified atom stereocenters. The van der Waals surface area contributed by atoms with E-state index in [0.717, 1.165) is 37.2 Å². The van der Waals surface area contributed by atoms with Gasteiger partial charge in [0.1, 0.15) is 6.54 Å². The normalized spacial score (nSPS) is 23.0. The van der Waals surface area contributed by atoms with Crippen molar-refractivity contribution in [3.63, 3.8) is 0 Å². The Labute approximate surface area is 189 Å². The predicted molar refractivity (Wildman–Crippen MR) is 120 cm³/mol. The molecule has 2 saturated heterocycles. The Kier molecular flexibility index (Phi) is 7.17. The summed E-state index contributed by atoms with van der Waals surface area (Å²) in [5.74, 6) is 7.24. The van der Waals surface area contributed by atoms with Gasteiger partial charge in [-0.1, -0.05) is 6.07 Å². The summed E-state index contributed by atoms with van der Waals surface area (Å²) in [5, 5.41) is 3.03. The molecular formula is C23H35N5O4. The molecule has 4 rings (SSSR count). The molecule has 3 fully saturated rings. The average molecular weight is 446 g/mol. The van der Waals surface area contributed by atoms with Gasteiger partial charge < -0.3 is 19.3 Å². The van der Waals surface area contributed by atoms with Gasteiger partial charge in [-0.25, -0.2) is 16.0 Å². The third-order valence-electron chi connectivity index (χ3n) is 6.84. The molecule has 3 aliphatic rings. The predicted octanol–water partition coefficient (Wildman–Crippen LogP) is 1.20. The molecule has 2 heterocycles. The average Bonchev–Trinajstić information content (AvgIpc) is 3.43. The van der Waals surface area contributed by atoms with Crippen LogP contribution in [0, 0.1) is 0 Å². The summed E-state index contributed by atoms with van der Waals surface area (Å²) >= 11 is 0. The minimum absolute atomic E-state index is 0.000240. The molecule has 176 valence electrons. The van der Waals surface area contributed by atoms with Crippen molar-refractivity contribution in [1.82, 2.24) is 19.9 Å². The van der Waals surface area contributed by atoms with Crippen LogP contribution in [-0.2, 0) is 9.59 Å². The first kappa shape index (κ1) is 22.8. The summed E-state index contributed by atoms with van der Waals surface area (Å²) in [6.07, 6.45) is 5.12. The van der Waals surface area contributed by atoms with E-state index in [0.29, 0.717) is 31.8 Å². The number of carbonyl (C=O) groups excluding carboxylic acids is 2. The van der Waals surface area contributed by atoms with Crippen LogP contribution in [-0.4, -0.2) is 91.3 Å². The molecule has 9 heteroatoms. The molecule has 0 bridgehead atoms. The zero-order valence-electron chi connectivity index (χ0n) is 19.2. The lowest BCUT2D eigenvalue weighted by atomic mass is 9.98. The van der Waals surface area contributed by atoms with Gasteiger partial charge in [0.05, 0.1) is 13.2 Å².